The first-order chi connectivity index (χ1) is 11.3. The fourth-order valence-corrected chi connectivity index (χ4v) is 4.09. The number of aromatic nitrogens is 3. The summed E-state index contributed by atoms with van der Waals surface area (Å²) in [6.07, 6.45) is 9.90. The van der Waals surface area contributed by atoms with Gasteiger partial charge in [-0.3, -0.25) is 0 Å². The zero-order valence-corrected chi connectivity index (χ0v) is 13.8. The Bertz CT molecular complexity index is 637. The molecular weight excluding hydrogens is 310 g/mol. The third-order valence-electron chi connectivity index (χ3n) is 4.70. The Morgan fingerprint density at radius 1 is 1.35 bits per heavy atom. The third-order valence-corrected chi connectivity index (χ3v) is 5.56. The zero-order valence-electron chi connectivity index (χ0n) is 12.9. The summed E-state index contributed by atoms with van der Waals surface area (Å²) in [4.78, 5) is 26.6. The van der Waals surface area contributed by atoms with Gasteiger partial charge in [0.2, 0.25) is 0 Å². The van der Waals surface area contributed by atoms with Crippen LogP contribution in [-0.4, -0.2) is 39.0 Å². The number of nitrogens with zero attached hydrogens (tertiary/aromatic N) is 3. The van der Waals surface area contributed by atoms with Gasteiger partial charge >= 0.3 is 6.03 Å². The van der Waals surface area contributed by atoms with E-state index in [-0.39, 0.29) is 12.1 Å². The predicted molar refractivity (Wildman–Crippen MR) is 88.2 cm³/mol. The Kier molecular flexibility index (Phi) is 4.03. The van der Waals surface area contributed by atoms with E-state index in [0.717, 1.165) is 36.8 Å². The number of amides is 2. The second-order valence-corrected chi connectivity index (χ2v) is 7.32. The minimum atomic E-state index is 0.0355. The maximum absolute atomic E-state index is 12.7. The maximum atomic E-state index is 12.7. The van der Waals surface area contributed by atoms with Crippen LogP contribution in [0.3, 0.4) is 0 Å². The molecular formula is C16H21N5OS. The van der Waals surface area contributed by atoms with Gasteiger partial charge in [-0.25, -0.2) is 14.8 Å². The lowest BCUT2D eigenvalue weighted by atomic mass is 9.97. The van der Waals surface area contributed by atoms with Crippen LogP contribution in [-0.2, 0) is 0 Å². The lowest BCUT2D eigenvalue weighted by Gasteiger charge is -2.33. The number of piperidine rings is 1. The third kappa shape index (κ3) is 3.24. The Morgan fingerprint density at radius 2 is 2.26 bits per heavy atom. The Hall–Kier alpha value is -1.89. The van der Waals surface area contributed by atoms with Gasteiger partial charge in [-0.15, -0.1) is 11.3 Å². The van der Waals surface area contributed by atoms with Gasteiger partial charge < -0.3 is 15.2 Å². The molecule has 0 aromatic carbocycles. The summed E-state index contributed by atoms with van der Waals surface area (Å²) in [6.45, 7) is 1.55. The van der Waals surface area contributed by atoms with Crippen LogP contribution in [0.15, 0.2) is 24.0 Å². The molecule has 4 rings (SSSR count). The number of imidazole rings is 1. The normalized spacial score (nSPS) is 22.8. The average Bonchev–Trinajstić information content (AvgIpc) is 3.06. The van der Waals surface area contributed by atoms with Crippen molar-refractivity contribution in [3.8, 4) is 0 Å². The molecule has 0 unspecified atom stereocenters. The molecule has 0 bridgehead atoms. The van der Waals surface area contributed by atoms with Crippen LogP contribution in [0.25, 0.3) is 0 Å². The number of H-pyrrole nitrogens is 1. The van der Waals surface area contributed by atoms with Crippen LogP contribution in [0.2, 0.25) is 0 Å². The van der Waals surface area contributed by atoms with E-state index in [1.807, 2.05) is 22.7 Å². The molecule has 2 aromatic rings. The highest BCUT2D eigenvalue weighted by Gasteiger charge is 2.36. The van der Waals surface area contributed by atoms with Gasteiger partial charge in [0.25, 0.3) is 0 Å². The van der Waals surface area contributed by atoms with E-state index in [9.17, 15) is 4.79 Å². The summed E-state index contributed by atoms with van der Waals surface area (Å²) in [7, 11) is 0. The van der Waals surface area contributed by atoms with Crippen molar-refractivity contribution >= 4 is 17.4 Å². The monoisotopic (exact) mass is 331 g/mol. The molecule has 2 N–H and O–H groups in total. The zero-order chi connectivity index (χ0) is 15.6. The molecule has 2 amide bonds. The van der Waals surface area contributed by atoms with Crippen LogP contribution >= 0.6 is 11.3 Å². The largest absolute Gasteiger partial charge is 0.348 e. The van der Waals surface area contributed by atoms with Crippen LogP contribution in [0.5, 0.6) is 0 Å². The summed E-state index contributed by atoms with van der Waals surface area (Å²) in [5, 5.41) is 6.23. The Balaban J connectivity index is 1.42. The number of carbonyl (C=O) groups is 1. The van der Waals surface area contributed by atoms with Crippen molar-refractivity contribution < 1.29 is 4.79 Å². The van der Waals surface area contributed by atoms with E-state index in [0.29, 0.717) is 11.8 Å². The number of aromatic amines is 1. The van der Waals surface area contributed by atoms with Gasteiger partial charge in [0.05, 0.1) is 6.04 Å². The van der Waals surface area contributed by atoms with E-state index in [4.69, 9.17) is 0 Å². The number of hydrogen-bond donors (Lipinski definition) is 2. The van der Waals surface area contributed by atoms with Crippen molar-refractivity contribution in [2.45, 2.75) is 37.6 Å². The summed E-state index contributed by atoms with van der Waals surface area (Å²) in [6, 6.07) is 0.111. The van der Waals surface area contributed by atoms with Gasteiger partial charge in [-0.05, 0) is 31.6 Å². The lowest BCUT2D eigenvalue weighted by molar-refractivity contribution is 0.173. The minimum Gasteiger partial charge on any atom is -0.348 e. The van der Waals surface area contributed by atoms with Crippen LogP contribution in [0.4, 0.5) is 4.79 Å². The molecule has 2 aliphatic rings. The topological polar surface area (TPSA) is 73.9 Å². The van der Waals surface area contributed by atoms with Crippen molar-refractivity contribution in [2.24, 2.45) is 5.92 Å². The Labute approximate surface area is 139 Å². The summed E-state index contributed by atoms with van der Waals surface area (Å²) in [5.41, 5.74) is 0. The summed E-state index contributed by atoms with van der Waals surface area (Å²) >= 11 is 1.63. The van der Waals surface area contributed by atoms with E-state index in [1.165, 1.54) is 12.8 Å². The molecule has 2 atom stereocenters. The first kappa shape index (κ1) is 14.7. The van der Waals surface area contributed by atoms with Gasteiger partial charge in [0.1, 0.15) is 10.8 Å². The van der Waals surface area contributed by atoms with Crippen molar-refractivity contribution in [2.75, 3.05) is 13.1 Å². The molecule has 23 heavy (non-hydrogen) atoms. The predicted octanol–water partition coefficient (Wildman–Crippen LogP) is 2.91. The van der Waals surface area contributed by atoms with E-state index in [1.54, 1.807) is 17.5 Å². The highest BCUT2D eigenvalue weighted by Crippen LogP contribution is 2.41. The van der Waals surface area contributed by atoms with Gasteiger partial charge in [0.15, 0.2) is 0 Å². The summed E-state index contributed by atoms with van der Waals surface area (Å²) in [5.74, 6) is 1.85. The van der Waals surface area contributed by atoms with E-state index >= 15 is 0 Å². The molecule has 3 heterocycles. The quantitative estimate of drug-likeness (QED) is 0.904. The molecule has 1 saturated heterocycles. The number of thiazole rings is 1. The van der Waals surface area contributed by atoms with E-state index in [2.05, 4.69) is 20.3 Å². The molecule has 0 radical (unpaired) electrons. The SMILES string of the molecule is O=C(N[C@@H](c1nccs1)C1CC1)N1CCC[C@H](c2ncc[nH]2)C1. The van der Waals surface area contributed by atoms with Gasteiger partial charge in [-0.2, -0.15) is 0 Å². The first-order valence-electron chi connectivity index (χ1n) is 8.25. The highest BCUT2D eigenvalue weighted by atomic mass is 32.1. The minimum absolute atomic E-state index is 0.0355. The van der Waals surface area contributed by atoms with Crippen LogP contribution in [0, 0.1) is 5.92 Å². The standard InChI is InChI=1S/C16H21N5OS/c22-16(20-13(11-3-4-11)15-19-7-9-23-15)21-8-1-2-12(10-21)14-17-5-6-18-14/h5-7,9,11-13H,1-4,8,10H2,(H,17,18)(H,20,22)/t12-,13+/m0/s1. The average molecular weight is 331 g/mol. The number of rotatable bonds is 4. The van der Waals surface area contributed by atoms with Crippen molar-refractivity contribution in [3.05, 3.63) is 34.8 Å². The number of nitrogens with one attached hydrogen (secondary N) is 2. The molecule has 6 nitrogen and oxygen atoms in total. The fourth-order valence-electron chi connectivity index (χ4n) is 3.31. The van der Waals surface area contributed by atoms with Crippen LogP contribution < -0.4 is 5.32 Å². The second-order valence-electron chi connectivity index (χ2n) is 6.39. The fraction of sp³-hybridized carbons (Fsp3) is 0.562. The molecule has 122 valence electrons. The molecule has 2 aromatic heterocycles. The van der Waals surface area contributed by atoms with Gasteiger partial charge in [-0.1, -0.05) is 0 Å². The molecule has 1 saturated carbocycles. The lowest BCUT2D eigenvalue weighted by Crippen LogP contribution is -2.46. The molecule has 0 spiro atoms. The Morgan fingerprint density at radius 3 is 2.96 bits per heavy atom. The number of carbonyl (C=O) groups excluding carboxylic acids is 1. The maximum Gasteiger partial charge on any atom is 0.317 e. The van der Waals surface area contributed by atoms with Crippen LogP contribution in [0.1, 0.15) is 48.5 Å². The smallest absolute Gasteiger partial charge is 0.317 e. The molecule has 1 aliphatic heterocycles. The first-order valence-corrected chi connectivity index (χ1v) is 9.13. The second kappa shape index (κ2) is 6.31. The summed E-state index contributed by atoms with van der Waals surface area (Å²) < 4.78 is 0. The van der Waals surface area contributed by atoms with Crippen molar-refractivity contribution in [1.82, 2.24) is 25.2 Å². The highest BCUT2D eigenvalue weighted by molar-refractivity contribution is 7.09. The van der Waals surface area contributed by atoms with Crippen molar-refractivity contribution in [3.63, 3.8) is 0 Å². The van der Waals surface area contributed by atoms with Gasteiger partial charge in [0, 0.05) is 43.0 Å². The number of hydrogen-bond acceptors (Lipinski definition) is 4. The molecule has 1 aliphatic carbocycles. The number of likely N-dealkylation sites (tertiary alicyclic amines) is 1. The van der Waals surface area contributed by atoms with Crippen molar-refractivity contribution in [1.29, 1.82) is 0 Å². The number of urea groups is 1. The molecule has 7 heteroatoms. The molecule has 2 fully saturated rings. The van der Waals surface area contributed by atoms with E-state index < -0.39 is 0 Å².